The number of phenolic OH excluding ortho intramolecular Hbond substituents is 1. The molecule has 2 N–H and O–H groups in total. The van der Waals surface area contributed by atoms with E-state index in [2.05, 4.69) is 15.5 Å². The fraction of sp³-hybridized carbons (Fsp3) is 0.500. The van der Waals surface area contributed by atoms with E-state index in [1.54, 1.807) is 6.07 Å². The van der Waals surface area contributed by atoms with Crippen LogP contribution in [0.5, 0.6) is 5.75 Å². The number of hydrogen-bond acceptors (Lipinski definition) is 6. The number of aromatic hydroxyl groups is 1. The molecule has 6 heteroatoms. The van der Waals surface area contributed by atoms with Gasteiger partial charge in [-0.15, -0.1) is 10.2 Å². The summed E-state index contributed by atoms with van der Waals surface area (Å²) >= 11 is 0. The third-order valence-electron chi connectivity index (χ3n) is 5.69. The highest BCUT2D eigenvalue weighted by Gasteiger charge is 2.48. The lowest BCUT2D eigenvalue weighted by Crippen LogP contribution is -2.28. The van der Waals surface area contributed by atoms with Crippen LogP contribution in [0.4, 0.5) is 5.82 Å². The molecule has 1 atom stereocenters. The van der Waals surface area contributed by atoms with Gasteiger partial charge in [0.2, 0.25) is 0 Å². The zero-order chi connectivity index (χ0) is 17.7. The van der Waals surface area contributed by atoms with Crippen molar-refractivity contribution in [2.75, 3.05) is 18.5 Å². The Kier molecular flexibility index (Phi) is 3.65. The van der Waals surface area contributed by atoms with E-state index in [4.69, 9.17) is 9.47 Å². The molecule has 26 heavy (non-hydrogen) atoms. The summed E-state index contributed by atoms with van der Waals surface area (Å²) in [5, 5.41) is 22.9. The van der Waals surface area contributed by atoms with Crippen LogP contribution in [-0.4, -0.2) is 40.2 Å². The number of ether oxygens (including phenoxy) is 2. The van der Waals surface area contributed by atoms with E-state index in [-0.39, 0.29) is 17.4 Å². The lowest BCUT2D eigenvalue weighted by atomic mass is 9.93. The van der Waals surface area contributed by atoms with E-state index in [1.807, 2.05) is 19.1 Å². The molecule has 1 saturated carbocycles. The van der Waals surface area contributed by atoms with Gasteiger partial charge in [0.05, 0.1) is 24.9 Å². The van der Waals surface area contributed by atoms with Gasteiger partial charge in [0.1, 0.15) is 11.4 Å². The van der Waals surface area contributed by atoms with Crippen molar-refractivity contribution in [1.29, 1.82) is 0 Å². The molecule has 5 rings (SSSR count). The van der Waals surface area contributed by atoms with Crippen molar-refractivity contribution in [3.05, 3.63) is 34.9 Å². The smallest absolute Gasteiger partial charge is 0.154 e. The van der Waals surface area contributed by atoms with Gasteiger partial charge in [-0.2, -0.15) is 0 Å². The first-order chi connectivity index (χ1) is 12.6. The maximum Gasteiger partial charge on any atom is 0.154 e. The van der Waals surface area contributed by atoms with Crippen LogP contribution in [-0.2, 0) is 22.5 Å². The van der Waals surface area contributed by atoms with Gasteiger partial charge in [-0.3, -0.25) is 0 Å². The molecule has 0 amide bonds. The number of nitrogens with one attached hydrogen (secondary N) is 1. The molecule has 0 bridgehead atoms. The minimum Gasteiger partial charge on any atom is -0.507 e. The molecule has 1 unspecified atom stereocenters. The standard InChI is InChI=1S/C20H23N3O3/c1-12-2-3-14(17(24)8-12)18-15-9-20(5-6-20)26-11-16(15)19(23-22-18)21-13-4-7-25-10-13/h2-3,8,13,24H,4-7,9-11H2,1H3,(H,21,23). The summed E-state index contributed by atoms with van der Waals surface area (Å²) in [6.45, 7) is 3.98. The predicted molar refractivity (Wildman–Crippen MR) is 97.2 cm³/mol. The molecule has 136 valence electrons. The summed E-state index contributed by atoms with van der Waals surface area (Å²) in [6.07, 6.45) is 3.98. The zero-order valence-corrected chi connectivity index (χ0v) is 14.9. The average molecular weight is 353 g/mol. The Morgan fingerprint density at radius 2 is 2.12 bits per heavy atom. The van der Waals surface area contributed by atoms with Crippen molar-refractivity contribution < 1.29 is 14.6 Å². The molecule has 1 aromatic heterocycles. The highest BCUT2D eigenvalue weighted by Crippen LogP contribution is 2.49. The lowest BCUT2D eigenvalue weighted by Gasteiger charge is -2.28. The molecule has 2 aromatic rings. The SMILES string of the molecule is Cc1ccc(-c2nnc(NC3CCOC3)c3c2CC2(CC2)OC3)c(O)c1. The Morgan fingerprint density at radius 1 is 1.23 bits per heavy atom. The van der Waals surface area contributed by atoms with Gasteiger partial charge in [0, 0.05) is 24.2 Å². The van der Waals surface area contributed by atoms with E-state index < -0.39 is 0 Å². The highest BCUT2D eigenvalue weighted by atomic mass is 16.5. The van der Waals surface area contributed by atoms with Gasteiger partial charge in [0.15, 0.2) is 5.82 Å². The van der Waals surface area contributed by atoms with Crippen LogP contribution in [0.2, 0.25) is 0 Å². The first-order valence-electron chi connectivity index (χ1n) is 9.30. The van der Waals surface area contributed by atoms with Crippen molar-refractivity contribution in [1.82, 2.24) is 10.2 Å². The van der Waals surface area contributed by atoms with E-state index in [9.17, 15) is 5.11 Å². The molecule has 3 heterocycles. The molecular weight excluding hydrogens is 330 g/mol. The van der Waals surface area contributed by atoms with Crippen molar-refractivity contribution in [3.8, 4) is 17.0 Å². The second-order valence-corrected chi connectivity index (χ2v) is 7.73. The number of anilines is 1. The molecule has 1 saturated heterocycles. The van der Waals surface area contributed by atoms with Crippen molar-refractivity contribution >= 4 is 5.82 Å². The molecule has 1 spiro atoms. The molecule has 6 nitrogen and oxygen atoms in total. The van der Waals surface area contributed by atoms with Gasteiger partial charge in [-0.1, -0.05) is 6.07 Å². The zero-order valence-electron chi connectivity index (χ0n) is 14.9. The van der Waals surface area contributed by atoms with Crippen molar-refractivity contribution in [2.24, 2.45) is 0 Å². The van der Waals surface area contributed by atoms with Crippen molar-refractivity contribution in [2.45, 2.75) is 50.9 Å². The maximum absolute atomic E-state index is 10.5. The number of rotatable bonds is 3. The molecule has 0 radical (unpaired) electrons. The minimum atomic E-state index is -0.0289. The Labute approximate surface area is 152 Å². The second kappa shape index (κ2) is 5.93. The number of nitrogens with zero attached hydrogens (tertiary/aromatic N) is 2. The summed E-state index contributed by atoms with van der Waals surface area (Å²) in [4.78, 5) is 0. The largest absolute Gasteiger partial charge is 0.507 e. The number of benzene rings is 1. The van der Waals surface area contributed by atoms with Crippen LogP contribution in [0.25, 0.3) is 11.3 Å². The fourth-order valence-corrected chi connectivity index (χ4v) is 3.93. The summed E-state index contributed by atoms with van der Waals surface area (Å²) in [5.41, 5.74) is 4.74. The molecule has 2 fully saturated rings. The summed E-state index contributed by atoms with van der Waals surface area (Å²) in [6, 6.07) is 5.97. The Balaban J connectivity index is 1.59. The monoisotopic (exact) mass is 353 g/mol. The van der Waals surface area contributed by atoms with E-state index in [0.29, 0.717) is 13.2 Å². The first-order valence-corrected chi connectivity index (χ1v) is 9.30. The first kappa shape index (κ1) is 16.0. The van der Waals surface area contributed by atoms with Gasteiger partial charge >= 0.3 is 0 Å². The van der Waals surface area contributed by atoms with Crippen LogP contribution in [0.1, 0.15) is 36.0 Å². The number of phenols is 1. The van der Waals surface area contributed by atoms with Crippen LogP contribution in [0.3, 0.4) is 0 Å². The minimum absolute atomic E-state index is 0.0289. The highest BCUT2D eigenvalue weighted by molar-refractivity contribution is 5.73. The topological polar surface area (TPSA) is 76.5 Å². The molecule has 2 aliphatic heterocycles. The number of aromatic nitrogens is 2. The van der Waals surface area contributed by atoms with Gasteiger partial charge < -0.3 is 19.9 Å². The Hall–Kier alpha value is -2.18. The molecule has 3 aliphatic rings. The fourth-order valence-electron chi connectivity index (χ4n) is 3.93. The normalized spacial score (nSPS) is 23.0. The summed E-state index contributed by atoms with van der Waals surface area (Å²) in [5.74, 6) is 1.05. The Morgan fingerprint density at radius 3 is 2.85 bits per heavy atom. The van der Waals surface area contributed by atoms with Gasteiger partial charge in [-0.05, 0) is 49.4 Å². The van der Waals surface area contributed by atoms with Gasteiger partial charge in [0.25, 0.3) is 0 Å². The maximum atomic E-state index is 10.5. The van der Waals surface area contributed by atoms with Gasteiger partial charge in [-0.25, -0.2) is 0 Å². The molecule has 1 aliphatic carbocycles. The number of aryl methyl sites for hydroxylation is 1. The third kappa shape index (κ3) is 2.73. The average Bonchev–Trinajstić information content (AvgIpc) is 3.16. The summed E-state index contributed by atoms with van der Waals surface area (Å²) in [7, 11) is 0. The predicted octanol–water partition coefficient (Wildman–Crippen LogP) is 2.96. The van der Waals surface area contributed by atoms with Crippen molar-refractivity contribution in [3.63, 3.8) is 0 Å². The van der Waals surface area contributed by atoms with Crippen LogP contribution < -0.4 is 5.32 Å². The van der Waals surface area contributed by atoms with E-state index in [0.717, 1.165) is 66.1 Å². The van der Waals surface area contributed by atoms with E-state index >= 15 is 0 Å². The number of hydrogen-bond donors (Lipinski definition) is 2. The van der Waals surface area contributed by atoms with E-state index in [1.165, 1.54) is 0 Å². The molecular formula is C20H23N3O3. The summed E-state index contributed by atoms with van der Waals surface area (Å²) < 4.78 is 11.6. The van der Waals surface area contributed by atoms with Crippen LogP contribution in [0.15, 0.2) is 18.2 Å². The molecule has 1 aromatic carbocycles. The van der Waals surface area contributed by atoms with Crippen LogP contribution in [0, 0.1) is 6.92 Å². The number of fused-ring (bicyclic) bond motifs is 1. The lowest BCUT2D eigenvalue weighted by molar-refractivity contribution is 0.00832. The second-order valence-electron chi connectivity index (χ2n) is 7.73. The quantitative estimate of drug-likeness (QED) is 0.883. The Bertz CT molecular complexity index is 858. The third-order valence-corrected chi connectivity index (χ3v) is 5.69. The van der Waals surface area contributed by atoms with Crippen LogP contribution >= 0.6 is 0 Å².